The van der Waals surface area contributed by atoms with Crippen molar-refractivity contribution in [2.24, 2.45) is 5.92 Å². The number of nitrogens with one attached hydrogen (secondary N) is 2. The van der Waals surface area contributed by atoms with Gasteiger partial charge in [0.1, 0.15) is 17.7 Å². The lowest BCUT2D eigenvalue weighted by molar-refractivity contribution is -0.148. The van der Waals surface area contributed by atoms with E-state index in [2.05, 4.69) is 16.6 Å². The number of nitrogens with zero attached hydrogens (tertiary/aromatic N) is 1. The smallest absolute Gasteiger partial charge is 0.408 e. The molecule has 0 heterocycles. The normalized spacial score (nSPS) is 13.4. The van der Waals surface area contributed by atoms with Gasteiger partial charge in [-0.15, -0.1) is 6.42 Å². The summed E-state index contributed by atoms with van der Waals surface area (Å²) < 4.78 is 5.43. The summed E-state index contributed by atoms with van der Waals surface area (Å²) in [6.45, 7) is 17.4. The van der Waals surface area contributed by atoms with Crippen molar-refractivity contribution in [3.05, 3.63) is 35.4 Å². The van der Waals surface area contributed by atoms with E-state index in [0.29, 0.717) is 24.1 Å². The molecule has 0 saturated carbocycles. The zero-order chi connectivity index (χ0) is 27.7. The van der Waals surface area contributed by atoms with E-state index >= 15 is 0 Å². The fourth-order valence-electron chi connectivity index (χ4n) is 3.91. The molecule has 36 heavy (non-hydrogen) atoms. The van der Waals surface area contributed by atoms with Crippen LogP contribution in [-0.4, -0.2) is 46.5 Å². The van der Waals surface area contributed by atoms with Crippen LogP contribution in [0.2, 0.25) is 0 Å². The Labute approximate surface area is 217 Å². The summed E-state index contributed by atoms with van der Waals surface area (Å²) in [5.41, 5.74) is -0.378. The van der Waals surface area contributed by atoms with Gasteiger partial charge in [-0.05, 0) is 71.9 Å². The number of alkyl carbamates (subject to hydrolysis) is 1. The van der Waals surface area contributed by atoms with E-state index in [0.717, 1.165) is 12.8 Å². The summed E-state index contributed by atoms with van der Waals surface area (Å²) >= 11 is 0. The maximum Gasteiger partial charge on any atom is 0.408 e. The van der Waals surface area contributed by atoms with Crippen molar-refractivity contribution in [2.45, 2.75) is 105 Å². The van der Waals surface area contributed by atoms with Crippen LogP contribution in [0.3, 0.4) is 0 Å². The number of ether oxygens (including phenoxy) is 1. The Balaban J connectivity index is 3.61. The van der Waals surface area contributed by atoms with Gasteiger partial charge in [-0.25, -0.2) is 4.79 Å². The quantitative estimate of drug-likeness (QED) is 0.342. The highest BCUT2D eigenvalue weighted by atomic mass is 16.6. The summed E-state index contributed by atoms with van der Waals surface area (Å²) in [5, 5.41) is 5.74. The van der Waals surface area contributed by atoms with Crippen molar-refractivity contribution in [1.82, 2.24) is 15.5 Å². The molecule has 1 aromatic rings. The summed E-state index contributed by atoms with van der Waals surface area (Å²) in [6.07, 6.45) is 7.23. The predicted octanol–water partition coefficient (Wildman–Crippen LogP) is 5.19. The molecule has 0 aromatic heterocycles. The lowest BCUT2D eigenvalue weighted by atomic mass is 9.91. The van der Waals surface area contributed by atoms with Crippen molar-refractivity contribution >= 4 is 17.9 Å². The van der Waals surface area contributed by atoms with E-state index in [1.165, 1.54) is 0 Å². The van der Waals surface area contributed by atoms with Gasteiger partial charge in [0.15, 0.2) is 0 Å². The summed E-state index contributed by atoms with van der Waals surface area (Å²) in [5.74, 6) is 2.08. The van der Waals surface area contributed by atoms with Crippen LogP contribution in [0.15, 0.2) is 24.3 Å². The molecule has 2 atom stereocenters. The summed E-state index contributed by atoms with van der Waals surface area (Å²) in [7, 11) is 0. The number of amides is 3. The molecule has 3 amide bonds. The van der Waals surface area contributed by atoms with Gasteiger partial charge in [0, 0.05) is 17.6 Å². The molecule has 0 radical (unpaired) electrons. The van der Waals surface area contributed by atoms with E-state index < -0.39 is 29.3 Å². The van der Waals surface area contributed by atoms with E-state index in [-0.39, 0.29) is 17.7 Å². The molecular weight excluding hydrogens is 454 g/mol. The first kappa shape index (κ1) is 31.0. The highest BCUT2D eigenvalue weighted by Gasteiger charge is 2.42. The minimum Gasteiger partial charge on any atom is -0.444 e. The first-order chi connectivity index (χ1) is 16.6. The molecule has 0 aliphatic carbocycles. The Hall–Kier alpha value is -3.01. The first-order valence-electron chi connectivity index (χ1n) is 12.8. The SMILES string of the molecule is C#Cc1ccccc1C(C(=O)NCCCC)N(C(=O)C(CC(C)C)NC(=O)OC(C)(C)C)C(C)(C)C. The Morgan fingerprint density at radius 2 is 1.69 bits per heavy atom. The van der Waals surface area contributed by atoms with Crippen molar-refractivity contribution in [3.8, 4) is 12.3 Å². The number of carbonyl (C=O) groups excluding carboxylic acids is 3. The van der Waals surface area contributed by atoms with E-state index in [1.54, 1.807) is 49.9 Å². The third kappa shape index (κ3) is 9.56. The van der Waals surface area contributed by atoms with E-state index in [1.807, 2.05) is 41.5 Å². The minimum atomic E-state index is -0.975. The Kier molecular flexibility index (Phi) is 11.5. The largest absolute Gasteiger partial charge is 0.444 e. The standard InChI is InChI=1S/C29H45N3O4/c1-11-13-18-30-25(33)24(22-17-15-14-16-21(22)12-2)32(28(5,6)7)26(34)23(19-20(3)4)31-27(35)36-29(8,9)10/h2,14-17,20,23-24H,11,13,18-19H2,1,3-10H3,(H,30,33)(H,31,35). The van der Waals surface area contributed by atoms with Crippen LogP contribution >= 0.6 is 0 Å². The molecule has 2 N–H and O–H groups in total. The van der Waals surface area contributed by atoms with Gasteiger partial charge in [-0.2, -0.15) is 0 Å². The zero-order valence-electron chi connectivity index (χ0n) is 23.5. The maximum atomic E-state index is 14.2. The highest BCUT2D eigenvalue weighted by molar-refractivity contribution is 5.93. The van der Waals surface area contributed by atoms with Gasteiger partial charge in [0.05, 0.1) is 0 Å². The molecule has 7 heteroatoms. The monoisotopic (exact) mass is 499 g/mol. The second-order valence-corrected chi connectivity index (χ2v) is 11.5. The van der Waals surface area contributed by atoms with Crippen LogP contribution < -0.4 is 10.6 Å². The molecular formula is C29H45N3O4. The number of unbranched alkanes of at least 4 members (excludes halogenated alkanes) is 1. The number of terminal acetylenes is 1. The van der Waals surface area contributed by atoms with Gasteiger partial charge < -0.3 is 20.3 Å². The molecule has 200 valence electrons. The van der Waals surface area contributed by atoms with Crippen LogP contribution in [0.5, 0.6) is 0 Å². The van der Waals surface area contributed by atoms with Gasteiger partial charge in [0.25, 0.3) is 0 Å². The van der Waals surface area contributed by atoms with Crippen molar-refractivity contribution in [2.75, 3.05) is 6.54 Å². The average Bonchev–Trinajstić information content (AvgIpc) is 2.74. The molecule has 0 aliphatic rings. The molecule has 0 fully saturated rings. The first-order valence-corrected chi connectivity index (χ1v) is 12.8. The fourth-order valence-corrected chi connectivity index (χ4v) is 3.91. The van der Waals surface area contributed by atoms with Crippen LogP contribution in [0.25, 0.3) is 0 Å². The number of hydrogen-bond donors (Lipinski definition) is 2. The molecule has 1 rings (SSSR count). The van der Waals surface area contributed by atoms with E-state index in [9.17, 15) is 14.4 Å². The number of hydrogen-bond acceptors (Lipinski definition) is 4. The van der Waals surface area contributed by atoms with Crippen LogP contribution in [0, 0.1) is 18.3 Å². The highest BCUT2D eigenvalue weighted by Crippen LogP contribution is 2.32. The average molecular weight is 500 g/mol. The Morgan fingerprint density at radius 1 is 1.08 bits per heavy atom. The lowest BCUT2D eigenvalue weighted by Gasteiger charge is -2.43. The third-order valence-corrected chi connectivity index (χ3v) is 5.40. The Morgan fingerprint density at radius 3 is 2.19 bits per heavy atom. The van der Waals surface area contributed by atoms with Gasteiger partial charge >= 0.3 is 6.09 Å². The Bertz CT molecular complexity index is 935. The summed E-state index contributed by atoms with van der Waals surface area (Å²) in [6, 6.07) is 5.29. The second-order valence-electron chi connectivity index (χ2n) is 11.5. The van der Waals surface area contributed by atoms with Crippen LogP contribution in [-0.2, 0) is 14.3 Å². The van der Waals surface area contributed by atoms with Crippen molar-refractivity contribution < 1.29 is 19.1 Å². The topological polar surface area (TPSA) is 87.7 Å². The predicted molar refractivity (Wildman–Crippen MR) is 144 cm³/mol. The van der Waals surface area contributed by atoms with Crippen molar-refractivity contribution in [3.63, 3.8) is 0 Å². The molecule has 0 aliphatic heterocycles. The minimum absolute atomic E-state index is 0.102. The summed E-state index contributed by atoms with van der Waals surface area (Å²) in [4.78, 5) is 42.1. The lowest BCUT2D eigenvalue weighted by Crippen LogP contribution is -2.59. The number of rotatable bonds is 10. The second kappa shape index (κ2) is 13.3. The maximum absolute atomic E-state index is 14.2. The molecule has 2 unspecified atom stereocenters. The van der Waals surface area contributed by atoms with Crippen LogP contribution in [0.4, 0.5) is 4.79 Å². The molecule has 7 nitrogen and oxygen atoms in total. The molecule has 1 aromatic carbocycles. The van der Waals surface area contributed by atoms with Crippen LogP contribution in [0.1, 0.15) is 98.7 Å². The van der Waals surface area contributed by atoms with Gasteiger partial charge in [0.2, 0.25) is 11.8 Å². The number of carbonyl (C=O) groups is 3. The number of benzene rings is 1. The van der Waals surface area contributed by atoms with Gasteiger partial charge in [-0.3, -0.25) is 9.59 Å². The van der Waals surface area contributed by atoms with E-state index in [4.69, 9.17) is 11.2 Å². The fraction of sp³-hybridized carbons (Fsp3) is 0.621. The third-order valence-electron chi connectivity index (χ3n) is 5.40. The van der Waals surface area contributed by atoms with Crippen molar-refractivity contribution in [1.29, 1.82) is 0 Å². The zero-order valence-corrected chi connectivity index (χ0v) is 23.5. The molecule has 0 saturated heterocycles. The molecule has 0 bridgehead atoms. The van der Waals surface area contributed by atoms with Gasteiger partial charge in [-0.1, -0.05) is 51.3 Å². The molecule has 0 spiro atoms.